The van der Waals surface area contributed by atoms with Crippen molar-refractivity contribution in [2.75, 3.05) is 12.4 Å². The van der Waals surface area contributed by atoms with Crippen LogP contribution in [0.4, 0.5) is 5.69 Å². The maximum Gasteiger partial charge on any atom is 0.270 e. The number of fused-ring (bicyclic) bond motifs is 3. The number of pyridine rings is 1. The number of aromatic nitrogens is 2. The van der Waals surface area contributed by atoms with Crippen LogP contribution in [0.1, 0.15) is 24.3 Å². The van der Waals surface area contributed by atoms with Crippen LogP contribution >= 0.6 is 0 Å². The first-order chi connectivity index (χ1) is 15.0. The summed E-state index contributed by atoms with van der Waals surface area (Å²) in [6, 6.07) is 16.0. The highest BCUT2D eigenvalue weighted by Gasteiger charge is 2.26. The number of H-pyrrole nitrogens is 1. The van der Waals surface area contributed by atoms with Crippen LogP contribution in [0.3, 0.4) is 0 Å². The van der Waals surface area contributed by atoms with Crippen molar-refractivity contribution in [3.8, 4) is 5.75 Å². The first-order valence-electron chi connectivity index (χ1n) is 10.1. The van der Waals surface area contributed by atoms with E-state index in [1.807, 2.05) is 44.2 Å². The summed E-state index contributed by atoms with van der Waals surface area (Å²) in [5.74, 6) is -0.298. The Balaban J connectivity index is 1.57. The van der Waals surface area contributed by atoms with E-state index in [-0.39, 0.29) is 17.5 Å². The van der Waals surface area contributed by atoms with Gasteiger partial charge in [-0.15, -0.1) is 0 Å². The van der Waals surface area contributed by atoms with Gasteiger partial charge in [0, 0.05) is 16.3 Å². The summed E-state index contributed by atoms with van der Waals surface area (Å²) in [7, 11) is 1.54. The summed E-state index contributed by atoms with van der Waals surface area (Å²) in [6.07, 6.45) is 1.64. The number of carbonyl (C=O) groups excluding carboxylic acids is 2. The van der Waals surface area contributed by atoms with Gasteiger partial charge in [0.1, 0.15) is 17.5 Å². The predicted octanol–water partition coefficient (Wildman–Crippen LogP) is 4.12. The molecule has 0 saturated carbocycles. The van der Waals surface area contributed by atoms with E-state index in [0.717, 1.165) is 21.8 Å². The molecule has 4 rings (SSSR count). The van der Waals surface area contributed by atoms with Crippen molar-refractivity contribution in [1.82, 2.24) is 15.3 Å². The third-order valence-electron chi connectivity index (χ3n) is 5.22. The molecule has 7 nitrogen and oxygen atoms in total. The van der Waals surface area contributed by atoms with E-state index in [9.17, 15) is 9.59 Å². The third-order valence-corrected chi connectivity index (χ3v) is 5.22. The second kappa shape index (κ2) is 8.47. The van der Waals surface area contributed by atoms with Gasteiger partial charge in [0.05, 0.1) is 24.5 Å². The minimum Gasteiger partial charge on any atom is -0.495 e. The Morgan fingerprint density at radius 3 is 2.52 bits per heavy atom. The molecule has 0 spiro atoms. The summed E-state index contributed by atoms with van der Waals surface area (Å²) in [6.45, 7) is 3.76. The van der Waals surface area contributed by atoms with Gasteiger partial charge in [-0.25, -0.2) is 4.98 Å². The predicted molar refractivity (Wildman–Crippen MR) is 121 cm³/mol. The Kier molecular flexibility index (Phi) is 5.58. The maximum absolute atomic E-state index is 13.0. The molecular formula is C24H24N4O3. The van der Waals surface area contributed by atoms with E-state index in [4.69, 9.17) is 4.74 Å². The van der Waals surface area contributed by atoms with Crippen molar-refractivity contribution in [1.29, 1.82) is 0 Å². The highest BCUT2D eigenvalue weighted by atomic mass is 16.5. The van der Waals surface area contributed by atoms with Crippen LogP contribution in [0, 0.1) is 5.92 Å². The second-order valence-corrected chi connectivity index (χ2v) is 7.67. The van der Waals surface area contributed by atoms with E-state index in [1.54, 1.807) is 37.6 Å². The Morgan fingerprint density at radius 1 is 1.00 bits per heavy atom. The number of methoxy groups -OCH3 is 1. The highest BCUT2D eigenvalue weighted by molar-refractivity contribution is 6.09. The summed E-state index contributed by atoms with van der Waals surface area (Å²) in [5, 5.41) is 7.61. The lowest BCUT2D eigenvalue weighted by molar-refractivity contribution is -0.118. The average molecular weight is 416 g/mol. The van der Waals surface area contributed by atoms with Gasteiger partial charge in [-0.1, -0.05) is 44.2 Å². The van der Waals surface area contributed by atoms with Crippen molar-refractivity contribution in [3.05, 3.63) is 66.5 Å². The molecule has 1 unspecified atom stereocenters. The number of aromatic amines is 1. The van der Waals surface area contributed by atoms with Crippen molar-refractivity contribution in [2.24, 2.45) is 5.92 Å². The van der Waals surface area contributed by atoms with Crippen molar-refractivity contribution < 1.29 is 14.3 Å². The minimum absolute atomic E-state index is 0.129. The lowest BCUT2D eigenvalue weighted by atomic mass is 10.0. The van der Waals surface area contributed by atoms with Crippen molar-refractivity contribution >= 4 is 39.3 Å². The topological polar surface area (TPSA) is 96.1 Å². The summed E-state index contributed by atoms with van der Waals surface area (Å²) in [4.78, 5) is 33.5. The Morgan fingerprint density at radius 2 is 1.74 bits per heavy atom. The SMILES string of the molecule is COc1ccccc1NC(=O)C(NC(=O)c1cc2c(cn1)[nH]c1ccccc12)C(C)C. The lowest BCUT2D eigenvalue weighted by Crippen LogP contribution is -2.47. The average Bonchev–Trinajstić information content (AvgIpc) is 3.15. The fourth-order valence-corrected chi connectivity index (χ4v) is 3.58. The number of hydrogen-bond donors (Lipinski definition) is 3. The molecule has 1 atom stereocenters. The number of benzene rings is 2. The zero-order valence-electron chi connectivity index (χ0n) is 17.6. The number of anilines is 1. The molecule has 2 aromatic heterocycles. The third kappa shape index (κ3) is 4.07. The molecule has 7 heteroatoms. The van der Waals surface area contributed by atoms with Crippen LogP contribution in [0.5, 0.6) is 5.75 Å². The molecule has 31 heavy (non-hydrogen) atoms. The van der Waals surface area contributed by atoms with Crippen molar-refractivity contribution in [2.45, 2.75) is 19.9 Å². The summed E-state index contributed by atoms with van der Waals surface area (Å²) in [5.41, 5.74) is 2.64. The number of hydrogen-bond acceptors (Lipinski definition) is 4. The molecule has 0 radical (unpaired) electrons. The molecule has 0 bridgehead atoms. The van der Waals surface area contributed by atoms with Gasteiger partial charge >= 0.3 is 0 Å². The first-order valence-corrected chi connectivity index (χ1v) is 10.1. The molecule has 3 N–H and O–H groups in total. The van der Waals surface area contributed by atoms with Crippen LogP contribution in [0.25, 0.3) is 21.8 Å². The van der Waals surface area contributed by atoms with Crippen LogP contribution in [0.2, 0.25) is 0 Å². The van der Waals surface area contributed by atoms with Crippen molar-refractivity contribution in [3.63, 3.8) is 0 Å². The van der Waals surface area contributed by atoms with Crippen LogP contribution in [0.15, 0.2) is 60.8 Å². The lowest BCUT2D eigenvalue weighted by Gasteiger charge is -2.22. The molecule has 2 amide bonds. The fourth-order valence-electron chi connectivity index (χ4n) is 3.58. The number of rotatable bonds is 6. The van der Waals surface area contributed by atoms with Gasteiger partial charge in [0.2, 0.25) is 5.91 Å². The molecule has 158 valence electrons. The molecule has 0 fully saturated rings. The number of para-hydroxylation sites is 3. The number of nitrogens with one attached hydrogen (secondary N) is 3. The van der Waals surface area contributed by atoms with Gasteiger partial charge in [-0.3, -0.25) is 9.59 Å². The summed E-state index contributed by atoms with van der Waals surface area (Å²) >= 11 is 0. The zero-order chi connectivity index (χ0) is 22.0. The maximum atomic E-state index is 13.0. The Hall–Kier alpha value is -3.87. The molecule has 2 heterocycles. The highest BCUT2D eigenvalue weighted by Crippen LogP contribution is 2.26. The number of ether oxygens (including phenoxy) is 1. The van der Waals surface area contributed by atoms with E-state index >= 15 is 0 Å². The van der Waals surface area contributed by atoms with Crippen LogP contribution in [-0.2, 0) is 4.79 Å². The van der Waals surface area contributed by atoms with E-state index < -0.39 is 11.9 Å². The number of nitrogens with zero attached hydrogens (tertiary/aromatic N) is 1. The number of carbonyl (C=O) groups is 2. The normalized spacial score (nSPS) is 12.1. The second-order valence-electron chi connectivity index (χ2n) is 7.67. The molecular weight excluding hydrogens is 392 g/mol. The molecule has 0 aliphatic carbocycles. The molecule has 2 aromatic carbocycles. The quantitative estimate of drug-likeness (QED) is 0.441. The first kappa shape index (κ1) is 20.4. The van der Waals surface area contributed by atoms with E-state index in [2.05, 4.69) is 20.6 Å². The van der Waals surface area contributed by atoms with E-state index in [0.29, 0.717) is 11.4 Å². The largest absolute Gasteiger partial charge is 0.495 e. The standard InChI is InChI=1S/C24H24N4O3/c1-14(2)22(24(30)27-18-10-6-7-11-21(18)31-3)28-23(29)19-12-16-15-8-4-5-9-17(15)26-20(16)13-25-19/h4-14,22,26H,1-3H3,(H,27,30)(H,28,29). The van der Waals surface area contributed by atoms with Crippen LogP contribution < -0.4 is 15.4 Å². The van der Waals surface area contributed by atoms with Gasteiger partial charge < -0.3 is 20.4 Å². The smallest absolute Gasteiger partial charge is 0.270 e. The molecule has 4 aromatic rings. The monoisotopic (exact) mass is 416 g/mol. The fraction of sp³-hybridized carbons (Fsp3) is 0.208. The minimum atomic E-state index is -0.738. The zero-order valence-corrected chi connectivity index (χ0v) is 17.6. The molecule has 0 aliphatic rings. The van der Waals surface area contributed by atoms with E-state index in [1.165, 1.54) is 0 Å². The Labute approximate surface area is 179 Å². The van der Waals surface area contributed by atoms with Gasteiger partial charge in [0.25, 0.3) is 5.91 Å². The van der Waals surface area contributed by atoms with Gasteiger partial charge in [-0.2, -0.15) is 0 Å². The Bertz CT molecular complexity index is 1260. The molecule has 0 saturated heterocycles. The number of amides is 2. The summed E-state index contributed by atoms with van der Waals surface area (Å²) < 4.78 is 5.29. The van der Waals surface area contributed by atoms with Gasteiger partial charge in [0.15, 0.2) is 0 Å². The van der Waals surface area contributed by atoms with Crippen LogP contribution in [-0.4, -0.2) is 34.9 Å². The molecule has 0 aliphatic heterocycles. The van der Waals surface area contributed by atoms with Gasteiger partial charge in [-0.05, 0) is 30.2 Å².